The van der Waals surface area contributed by atoms with Crippen LogP contribution in [0.1, 0.15) is 72.1 Å². The molecule has 1 N–H and O–H groups in total. The number of nitrogens with one attached hydrogen (secondary N) is 1. The second-order valence-corrected chi connectivity index (χ2v) is 6.10. The number of ether oxygens (including phenoxy) is 1. The van der Waals surface area contributed by atoms with Crippen LogP contribution in [0.2, 0.25) is 0 Å². The molecule has 2 heteroatoms. The van der Waals surface area contributed by atoms with Gasteiger partial charge in [-0.15, -0.1) is 0 Å². The summed E-state index contributed by atoms with van der Waals surface area (Å²) in [6.45, 7) is 8.80. The van der Waals surface area contributed by atoms with Crippen molar-refractivity contribution < 1.29 is 4.74 Å². The molecule has 1 saturated carbocycles. The van der Waals surface area contributed by atoms with Crippen LogP contribution in [-0.2, 0) is 4.74 Å². The number of likely N-dealkylation sites (N-methyl/N-ethyl adjacent to an activating group) is 1. The van der Waals surface area contributed by atoms with E-state index in [9.17, 15) is 0 Å². The zero-order valence-electron chi connectivity index (χ0n) is 12.7. The molecule has 0 aromatic rings. The molecule has 18 heavy (non-hydrogen) atoms. The summed E-state index contributed by atoms with van der Waals surface area (Å²) in [4.78, 5) is 0. The van der Waals surface area contributed by atoms with Crippen molar-refractivity contribution in [2.45, 2.75) is 84.3 Å². The molecule has 0 saturated heterocycles. The Morgan fingerprint density at radius 3 is 2.50 bits per heavy atom. The van der Waals surface area contributed by atoms with Crippen LogP contribution < -0.4 is 5.32 Å². The van der Waals surface area contributed by atoms with Crippen LogP contribution in [0.4, 0.5) is 0 Å². The van der Waals surface area contributed by atoms with Crippen LogP contribution in [0.3, 0.4) is 0 Å². The second-order valence-electron chi connectivity index (χ2n) is 6.10. The largest absolute Gasteiger partial charge is 0.377 e. The fraction of sp³-hybridized carbons (Fsp3) is 1.00. The van der Waals surface area contributed by atoms with Gasteiger partial charge in [0.1, 0.15) is 0 Å². The first-order valence-electron chi connectivity index (χ1n) is 8.09. The van der Waals surface area contributed by atoms with Crippen LogP contribution in [0.5, 0.6) is 0 Å². The zero-order valence-corrected chi connectivity index (χ0v) is 12.7. The van der Waals surface area contributed by atoms with Gasteiger partial charge in [-0.2, -0.15) is 0 Å². The lowest BCUT2D eigenvalue weighted by Gasteiger charge is -2.30. The topological polar surface area (TPSA) is 21.3 Å². The van der Waals surface area contributed by atoms with E-state index >= 15 is 0 Å². The lowest BCUT2D eigenvalue weighted by atomic mass is 9.94. The maximum atomic E-state index is 6.17. The van der Waals surface area contributed by atoms with E-state index in [1.165, 1.54) is 51.4 Å². The van der Waals surface area contributed by atoms with Crippen LogP contribution in [0.25, 0.3) is 0 Å². The molecular formula is C16H33NO. The van der Waals surface area contributed by atoms with Crippen molar-refractivity contribution in [3.63, 3.8) is 0 Å². The van der Waals surface area contributed by atoms with Gasteiger partial charge in [0.2, 0.25) is 0 Å². The minimum atomic E-state index is 0.456. The van der Waals surface area contributed by atoms with Crippen molar-refractivity contribution in [1.82, 2.24) is 5.32 Å². The molecule has 0 heterocycles. The predicted octanol–water partition coefficient (Wildman–Crippen LogP) is 4.14. The van der Waals surface area contributed by atoms with Gasteiger partial charge in [0.15, 0.2) is 0 Å². The summed E-state index contributed by atoms with van der Waals surface area (Å²) in [6, 6.07) is 0.592. The van der Waals surface area contributed by atoms with Gasteiger partial charge in [-0.3, -0.25) is 0 Å². The SMILES string of the molecule is CCNC1CCCCCCC1OCCCC(C)C. The van der Waals surface area contributed by atoms with Crippen molar-refractivity contribution >= 4 is 0 Å². The molecule has 1 fully saturated rings. The summed E-state index contributed by atoms with van der Waals surface area (Å²) >= 11 is 0. The molecular weight excluding hydrogens is 222 g/mol. The Labute approximate surface area is 114 Å². The average Bonchev–Trinajstić information content (AvgIpc) is 2.31. The van der Waals surface area contributed by atoms with Gasteiger partial charge >= 0.3 is 0 Å². The summed E-state index contributed by atoms with van der Waals surface area (Å²) in [5.74, 6) is 0.801. The van der Waals surface area contributed by atoms with Crippen molar-refractivity contribution in [3.05, 3.63) is 0 Å². The van der Waals surface area contributed by atoms with E-state index in [2.05, 4.69) is 26.1 Å². The third-order valence-corrected chi connectivity index (χ3v) is 3.93. The third kappa shape index (κ3) is 6.75. The lowest BCUT2D eigenvalue weighted by Crippen LogP contribution is -2.42. The van der Waals surface area contributed by atoms with E-state index < -0.39 is 0 Å². The Hall–Kier alpha value is -0.0800. The van der Waals surface area contributed by atoms with Crippen molar-refractivity contribution in [1.29, 1.82) is 0 Å². The molecule has 0 aliphatic heterocycles. The molecule has 1 aliphatic carbocycles. The van der Waals surface area contributed by atoms with Gasteiger partial charge in [-0.05, 0) is 38.1 Å². The maximum absolute atomic E-state index is 6.17. The first-order valence-corrected chi connectivity index (χ1v) is 8.09. The highest BCUT2D eigenvalue weighted by molar-refractivity contribution is 4.79. The molecule has 2 nitrogen and oxygen atoms in total. The molecule has 0 amide bonds. The molecule has 0 aromatic carbocycles. The van der Waals surface area contributed by atoms with Crippen LogP contribution in [0, 0.1) is 5.92 Å². The minimum absolute atomic E-state index is 0.456. The first kappa shape index (κ1) is 16.0. The molecule has 2 atom stereocenters. The molecule has 0 bridgehead atoms. The van der Waals surface area contributed by atoms with E-state index in [1.807, 2.05) is 0 Å². The molecule has 0 spiro atoms. The molecule has 0 radical (unpaired) electrons. The highest BCUT2D eigenvalue weighted by Gasteiger charge is 2.22. The molecule has 108 valence electrons. The highest BCUT2D eigenvalue weighted by Crippen LogP contribution is 2.20. The zero-order chi connectivity index (χ0) is 13.2. The maximum Gasteiger partial charge on any atom is 0.0728 e. The van der Waals surface area contributed by atoms with Crippen LogP contribution in [-0.4, -0.2) is 25.3 Å². The molecule has 1 rings (SSSR count). The Bertz CT molecular complexity index is 194. The van der Waals surface area contributed by atoms with E-state index in [0.29, 0.717) is 12.1 Å². The van der Waals surface area contributed by atoms with Gasteiger partial charge in [0, 0.05) is 12.6 Å². The fourth-order valence-electron chi connectivity index (χ4n) is 2.87. The van der Waals surface area contributed by atoms with Gasteiger partial charge in [-0.25, -0.2) is 0 Å². The summed E-state index contributed by atoms with van der Waals surface area (Å²) in [6.07, 6.45) is 11.0. The lowest BCUT2D eigenvalue weighted by molar-refractivity contribution is 0.0111. The number of hydrogen-bond donors (Lipinski definition) is 1. The summed E-state index contributed by atoms with van der Waals surface area (Å²) in [7, 11) is 0. The third-order valence-electron chi connectivity index (χ3n) is 3.93. The Kier molecular flexibility index (Phi) is 8.70. The van der Waals surface area contributed by atoms with Crippen molar-refractivity contribution in [3.8, 4) is 0 Å². The Morgan fingerprint density at radius 1 is 1.11 bits per heavy atom. The minimum Gasteiger partial charge on any atom is -0.377 e. The standard InChI is InChI=1S/C16H33NO/c1-4-17-15-11-7-5-6-8-12-16(15)18-13-9-10-14(2)3/h14-17H,4-13H2,1-3H3. The summed E-state index contributed by atoms with van der Waals surface area (Å²) in [5, 5.41) is 3.63. The predicted molar refractivity (Wildman–Crippen MR) is 79.0 cm³/mol. The van der Waals surface area contributed by atoms with Crippen LogP contribution >= 0.6 is 0 Å². The molecule has 0 aromatic heterocycles. The number of hydrogen-bond acceptors (Lipinski definition) is 2. The first-order chi connectivity index (χ1) is 8.74. The van der Waals surface area contributed by atoms with E-state index in [1.54, 1.807) is 0 Å². The fourth-order valence-corrected chi connectivity index (χ4v) is 2.87. The molecule has 1 aliphatic rings. The smallest absolute Gasteiger partial charge is 0.0728 e. The average molecular weight is 255 g/mol. The summed E-state index contributed by atoms with van der Waals surface area (Å²) in [5.41, 5.74) is 0. The van der Waals surface area contributed by atoms with Gasteiger partial charge in [0.05, 0.1) is 6.10 Å². The highest BCUT2D eigenvalue weighted by atomic mass is 16.5. The van der Waals surface area contributed by atoms with E-state index in [-0.39, 0.29) is 0 Å². The summed E-state index contributed by atoms with van der Waals surface area (Å²) < 4.78 is 6.17. The Morgan fingerprint density at radius 2 is 1.83 bits per heavy atom. The van der Waals surface area contributed by atoms with E-state index in [0.717, 1.165) is 19.1 Å². The van der Waals surface area contributed by atoms with Gasteiger partial charge < -0.3 is 10.1 Å². The monoisotopic (exact) mass is 255 g/mol. The van der Waals surface area contributed by atoms with Gasteiger partial charge in [0.25, 0.3) is 0 Å². The van der Waals surface area contributed by atoms with Crippen LogP contribution in [0.15, 0.2) is 0 Å². The van der Waals surface area contributed by atoms with Crippen molar-refractivity contribution in [2.24, 2.45) is 5.92 Å². The Balaban J connectivity index is 2.30. The number of rotatable bonds is 7. The van der Waals surface area contributed by atoms with Crippen molar-refractivity contribution in [2.75, 3.05) is 13.2 Å². The quantitative estimate of drug-likeness (QED) is 0.690. The van der Waals surface area contributed by atoms with Gasteiger partial charge in [-0.1, -0.05) is 46.5 Å². The molecule has 2 unspecified atom stereocenters. The second kappa shape index (κ2) is 9.80. The van der Waals surface area contributed by atoms with E-state index in [4.69, 9.17) is 4.74 Å². The normalized spacial score (nSPS) is 26.0.